The molecule has 0 aliphatic heterocycles. The van der Waals surface area contributed by atoms with Gasteiger partial charge < -0.3 is 29.6 Å². The Bertz CT molecular complexity index is 2260. The molecule has 0 unspecified atom stereocenters. The highest BCUT2D eigenvalue weighted by molar-refractivity contribution is 6.43. The summed E-state index contributed by atoms with van der Waals surface area (Å²) in [4.78, 5) is 47.6. The fourth-order valence-corrected chi connectivity index (χ4v) is 5.01. The molecular weight excluding hydrogens is 766 g/mol. The predicted octanol–water partition coefficient (Wildman–Crippen LogP) is 8.17. The van der Waals surface area contributed by atoms with E-state index in [0.717, 1.165) is 29.8 Å². The molecule has 0 aliphatic rings. The molecule has 10 nitrogen and oxygen atoms in total. The summed E-state index contributed by atoms with van der Waals surface area (Å²) in [6, 6.07) is 21.9. The molecule has 13 heteroatoms. The van der Waals surface area contributed by atoms with Gasteiger partial charge in [0.05, 0.1) is 37.7 Å². The monoisotopic (exact) mass is 806 g/mol. The van der Waals surface area contributed by atoms with Gasteiger partial charge in [0.2, 0.25) is 0 Å². The minimum absolute atomic E-state index is 0.0380. The topological polar surface area (TPSA) is 129 Å². The first-order valence-electron chi connectivity index (χ1n) is 18.4. The van der Waals surface area contributed by atoms with Crippen molar-refractivity contribution in [3.63, 3.8) is 0 Å². The number of benzene rings is 4. The van der Waals surface area contributed by atoms with E-state index in [1.54, 1.807) is 73.7 Å². The van der Waals surface area contributed by atoms with Crippen LogP contribution in [-0.4, -0.2) is 50.2 Å². The van der Waals surface area contributed by atoms with E-state index in [0.29, 0.717) is 73.7 Å². The molecule has 0 bridgehead atoms. The number of esters is 2. The van der Waals surface area contributed by atoms with Gasteiger partial charge in [-0.15, -0.1) is 0 Å². The number of halogens is 3. The van der Waals surface area contributed by atoms with Gasteiger partial charge in [-0.3, -0.25) is 9.59 Å². The van der Waals surface area contributed by atoms with Crippen LogP contribution in [-0.2, 0) is 34.8 Å². The van der Waals surface area contributed by atoms with Gasteiger partial charge in [-0.2, -0.15) is 13.2 Å². The van der Waals surface area contributed by atoms with Crippen LogP contribution in [0.15, 0.2) is 110 Å². The maximum atomic E-state index is 14.1. The number of amides is 2. The van der Waals surface area contributed by atoms with Crippen LogP contribution in [0.3, 0.4) is 0 Å². The van der Waals surface area contributed by atoms with Gasteiger partial charge >= 0.3 is 29.9 Å². The fourth-order valence-electron chi connectivity index (χ4n) is 5.01. The minimum Gasteiger partial charge on any atom is -0.494 e. The number of carbonyl (C=O) groups excluding carboxylic acids is 4. The zero-order valence-corrected chi connectivity index (χ0v) is 32.2. The third-order valence-corrected chi connectivity index (χ3v) is 8.10. The second kappa shape index (κ2) is 22.5. The second-order valence-corrected chi connectivity index (χ2v) is 12.6. The number of unbranched alkanes of at least 4 members (excludes halogenated alkanes) is 2. The lowest BCUT2D eigenvalue weighted by Gasteiger charge is -2.14. The molecular formula is C46H41F3N2O8. The quantitative estimate of drug-likeness (QED) is 0.0382. The maximum absolute atomic E-state index is 14.1. The molecule has 0 spiro atoms. The maximum Gasteiger partial charge on any atom is 0.418 e. The van der Waals surface area contributed by atoms with E-state index in [-0.39, 0.29) is 17.9 Å². The van der Waals surface area contributed by atoms with Crippen molar-refractivity contribution in [2.75, 3.05) is 37.1 Å². The van der Waals surface area contributed by atoms with Gasteiger partial charge in [0.15, 0.2) is 0 Å². The molecule has 4 aromatic rings. The molecule has 59 heavy (non-hydrogen) atoms. The lowest BCUT2D eigenvalue weighted by molar-refractivity contribution is -0.138. The summed E-state index contributed by atoms with van der Waals surface area (Å²) < 4.78 is 63.4. The molecule has 2 N–H and O–H groups in total. The number of hydrogen-bond donors (Lipinski definition) is 2. The number of aryl methyl sites for hydroxylation is 1. The molecule has 0 saturated carbocycles. The fraction of sp³-hybridized carbons (Fsp3) is 0.217. The standard InChI is InChI=1S/C46H41F3N2O8/c1-4-42(52)58-28-8-6-26-56-37-20-14-33(15-21-37)10-12-35-18-24-40(32(3)30-35)50-44(54)45(55)51-41-25-19-36(31-39(41)46(47,48)49)13-11-34-16-22-38(23-17-34)57-27-7-9-29-59-43(53)5-2/h4-5,14-25,30-31H,1-2,6-9,26-29H2,3H3,(H,50,54)(H,51,55). The summed E-state index contributed by atoms with van der Waals surface area (Å²) in [6.07, 6.45) is -0.0246. The summed E-state index contributed by atoms with van der Waals surface area (Å²) in [5.41, 5.74) is 0.996. The average Bonchev–Trinajstić information content (AvgIpc) is 3.23. The van der Waals surface area contributed by atoms with Gasteiger partial charge in [0.1, 0.15) is 11.5 Å². The first-order valence-corrected chi connectivity index (χ1v) is 18.4. The molecule has 2 amide bonds. The molecule has 4 rings (SSSR count). The van der Waals surface area contributed by atoms with Crippen molar-refractivity contribution in [2.24, 2.45) is 0 Å². The van der Waals surface area contributed by atoms with E-state index >= 15 is 0 Å². The molecule has 0 aromatic heterocycles. The Hall–Kier alpha value is -7.25. The molecule has 0 saturated heterocycles. The van der Waals surface area contributed by atoms with Crippen molar-refractivity contribution >= 4 is 35.1 Å². The van der Waals surface area contributed by atoms with Crippen LogP contribution in [0.2, 0.25) is 0 Å². The van der Waals surface area contributed by atoms with E-state index in [1.807, 2.05) is 0 Å². The van der Waals surface area contributed by atoms with Crippen molar-refractivity contribution in [1.29, 1.82) is 0 Å². The van der Waals surface area contributed by atoms with Gasteiger partial charge in [-0.1, -0.05) is 36.8 Å². The van der Waals surface area contributed by atoms with Crippen LogP contribution < -0.4 is 20.1 Å². The first kappa shape index (κ1) is 44.5. The zero-order chi connectivity index (χ0) is 42.6. The van der Waals surface area contributed by atoms with Gasteiger partial charge in [-0.25, -0.2) is 9.59 Å². The molecule has 0 aliphatic carbocycles. The number of rotatable bonds is 16. The largest absolute Gasteiger partial charge is 0.494 e. The van der Waals surface area contributed by atoms with Gasteiger partial charge in [0.25, 0.3) is 0 Å². The van der Waals surface area contributed by atoms with Crippen molar-refractivity contribution in [3.05, 3.63) is 144 Å². The lowest BCUT2D eigenvalue weighted by atomic mass is 10.1. The summed E-state index contributed by atoms with van der Waals surface area (Å²) in [5.74, 6) is 9.42. The SMILES string of the molecule is C=CC(=O)OCCCCOc1ccc(C#Cc2ccc(NC(=O)C(=O)Nc3ccc(C#Cc4ccc(OCCCCOC(=O)C=C)cc4)cc3C(F)(F)F)c(C)c2)cc1. The molecule has 304 valence electrons. The van der Waals surface area contributed by atoms with Crippen LogP contribution in [0, 0.1) is 30.6 Å². The van der Waals surface area contributed by atoms with Crippen LogP contribution in [0.4, 0.5) is 24.5 Å². The third kappa shape index (κ3) is 15.3. The number of hydrogen-bond acceptors (Lipinski definition) is 8. The summed E-state index contributed by atoms with van der Waals surface area (Å²) in [7, 11) is 0. The Morgan fingerprint density at radius 1 is 0.576 bits per heavy atom. The van der Waals surface area contributed by atoms with Crippen LogP contribution >= 0.6 is 0 Å². The van der Waals surface area contributed by atoms with Gasteiger partial charge in [0, 0.05) is 40.1 Å². The number of anilines is 2. The Kier molecular flexibility index (Phi) is 16.9. The molecule has 0 radical (unpaired) electrons. The third-order valence-electron chi connectivity index (χ3n) is 8.10. The van der Waals surface area contributed by atoms with Crippen molar-refractivity contribution in [1.82, 2.24) is 0 Å². The van der Waals surface area contributed by atoms with Crippen LogP contribution in [0.1, 0.15) is 59.1 Å². The van der Waals surface area contributed by atoms with Crippen LogP contribution in [0.25, 0.3) is 0 Å². The smallest absolute Gasteiger partial charge is 0.418 e. The summed E-state index contributed by atoms with van der Waals surface area (Å²) in [6.45, 7) is 9.76. The summed E-state index contributed by atoms with van der Waals surface area (Å²) in [5, 5.41) is 4.51. The molecule has 4 aromatic carbocycles. The Labute approximate surface area is 340 Å². The first-order chi connectivity index (χ1) is 28.3. The second-order valence-electron chi connectivity index (χ2n) is 12.6. The number of alkyl halides is 3. The van der Waals surface area contributed by atoms with E-state index in [2.05, 4.69) is 47.5 Å². The molecule has 0 fully saturated rings. The predicted molar refractivity (Wildman–Crippen MR) is 216 cm³/mol. The minimum atomic E-state index is -4.86. The zero-order valence-electron chi connectivity index (χ0n) is 32.2. The Balaban J connectivity index is 1.29. The Morgan fingerprint density at radius 2 is 0.966 bits per heavy atom. The van der Waals surface area contributed by atoms with E-state index < -0.39 is 41.2 Å². The number of ether oxygens (including phenoxy) is 4. The van der Waals surface area contributed by atoms with Crippen molar-refractivity contribution in [2.45, 2.75) is 38.8 Å². The summed E-state index contributed by atoms with van der Waals surface area (Å²) >= 11 is 0. The average molecular weight is 807 g/mol. The van der Waals surface area contributed by atoms with Crippen molar-refractivity contribution in [3.8, 4) is 35.2 Å². The highest BCUT2D eigenvalue weighted by Crippen LogP contribution is 2.35. The molecule has 0 heterocycles. The van der Waals surface area contributed by atoms with E-state index in [9.17, 15) is 32.3 Å². The number of carbonyl (C=O) groups is 4. The van der Waals surface area contributed by atoms with Gasteiger partial charge in [-0.05, 0) is 123 Å². The lowest BCUT2D eigenvalue weighted by Crippen LogP contribution is -2.30. The number of nitrogens with one attached hydrogen (secondary N) is 2. The van der Waals surface area contributed by atoms with Crippen LogP contribution in [0.5, 0.6) is 11.5 Å². The highest BCUT2D eigenvalue weighted by atomic mass is 19.4. The Morgan fingerprint density at radius 3 is 1.41 bits per heavy atom. The normalized spacial score (nSPS) is 10.4. The highest BCUT2D eigenvalue weighted by Gasteiger charge is 2.34. The van der Waals surface area contributed by atoms with Crippen molar-refractivity contribution < 1.29 is 51.3 Å². The molecule has 0 atom stereocenters. The van der Waals surface area contributed by atoms with E-state index in [1.165, 1.54) is 6.07 Å². The van der Waals surface area contributed by atoms with E-state index in [4.69, 9.17) is 18.9 Å².